The molecule has 1 unspecified atom stereocenters. The van der Waals surface area contributed by atoms with Gasteiger partial charge in [-0.25, -0.2) is 0 Å². The van der Waals surface area contributed by atoms with E-state index >= 15 is 0 Å². The molecule has 112 valence electrons. The third-order valence-corrected chi connectivity index (χ3v) is 3.78. The third-order valence-electron chi connectivity index (χ3n) is 3.78. The molecule has 0 spiro atoms. The maximum Gasteiger partial charge on any atom is 0.123 e. The van der Waals surface area contributed by atoms with Gasteiger partial charge in [0.15, 0.2) is 0 Å². The smallest absolute Gasteiger partial charge is 0.123 e. The first kappa shape index (κ1) is 15.3. The first-order valence-electron chi connectivity index (χ1n) is 7.27. The van der Waals surface area contributed by atoms with Gasteiger partial charge in [-0.05, 0) is 37.0 Å². The molecule has 1 aliphatic heterocycles. The molecular formula is C17H27NO2. The number of methoxy groups -OCH3 is 1. The van der Waals surface area contributed by atoms with Gasteiger partial charge in [-0.3, -0.25) is 0 Å². The average molecular weight is 277 g/mol. The van der Waals surface area contributed by atoms with E-state index in [9.17, 15) is 0 Å². The van der Waals surface area contributed by atoms with E-state index in [2.05, 4.69) is 58.1 Å². The highest BCUT2D eigenvalue weighted by Gasteiger charge is 2.30. The highest BCUT2D eigenvalue weighted by Crippen LogP contribution is 2.33. The van der Waals surface area contributed by atoms with Crippen LogP contribution >= 0.6 is 0 Å². The van der Waals surface area contributed by atoms with Crippen molar-refractivity contribution in [2.24, 2.45) is 0 Å². The summed E-state index contributed by atoms with van der Waals surface area (Å²) in [6.07, 6.45) is 0. The number of benzene rings is 1. The molecule has 1 aromatic carbocycles. The van der Waals surface area contributed by atoms with Gasteiger partial charge in [-0.15, -0.1) is 0 Å². The van der Waals surface area contributed by atoms with Crippen molar-refractivity contribution in [2.75, 3.05) is 20.3 Å². The van der Waals surface area contributed by atoms with Gasteiger partial charge in [0.05, 0.1) is 26.4 Å². The van der Waals surface area contributed by atoms with E-state index in [0.717, 1.165) is 12.4 Å². The molecule has 0 amide bonds. The molecule has 0 aliphatic carbocycles. The van der Waals surface area contributed by atoms with Crippen LogP contribution in [0.3, 0.4) is 0 Å². The largest absolute Gasteiger partial charge is 0.496 e. The van der Waals surface area contributed by atoms with Crippen LogP contribution in [0, 0.1) is 0 Å². The topological polar surface area (TPSA) is 30.5 Å². The van der Waals surface area contributed by atoms with Crippen LogP contribution < -0.4 is 10.1 Å². The molecule has 0 radical (unpaired) electrons. The summed E-state index contributed by atoms with van der Waals surface area (Å²) in [6.45, 7) is 12.4. The lowest BCUT2D eigenvalue weighted by atomic mass is 9.85. The van der Waals surface area contributed by atoms with Gasteiger partial charge in [0.25, 0.3) is 0 Å². The first-order chi connectivity index (χ1) is 9.23. The van der Waals surface area contributed by atoms with Crippen LogP contribution in [0.25, 0.3) is 0 Å². The quantitative estimate of drug-likeness (QED) is 0.898. The Morgan fingerprint density at radius 2 is 2.00 bits per heavy atom. The summed E-state index contributed by atoms with van der Waals surface area (Å²) < 4.78 is 11.3. The van der Waals surface area contributed by atoms with Gasteiger partial charge in [0.1, 0.15) is 5.75 Å². The van der Waals surface area contributed by atoms with Crippen LogP contribution in [0.2, 0.25) is 0 Å². The minimum absolute atomic E-state index is 0.00827. The number of hydrogen-bond acceptors (Lipinski definition) is 3. The average Bonchev–Trinajstić information content (AvgIpc) is 2.35. The van der Waals surface area contributed by atoms with E-state index in [0.29, 0.717) is 6.61 Å². The van der Waals surface area contributed by atoms with Crippen molar-refractivity contribution < 1.29 is 9.47 Å². The van der Waals surface area contributed by atoms with Gasteiger partial charge in [-0.1, -0.05) is 26.8 Å². The fourth-order valence-corrected chi connectivity index (χ4v) is 2.63. The third kappa shape index (κ3) is 3.33. The molecule has 1 aromatic rings. The van der Waals surface area contributed by atoms with Crippen molar-refractivity contribution in [3.05, 3.63) is 29.3 Å². The van der Waals surface area contributed by atoms with Crippen LogP contribution in [0.4, 0.5) is 0 Å². The van der Waals surface area contributed by atoms with Crippen molar-refractivity contribution in [1.29, 1.82) is 0 Å². The molecule has 1 heterocycles. The summed E-state index contributed by atoms with van der Waals surface area (Å²) in [5, 5.41) is 3.66. The summed E-state index contributed by atoms with van der Waals surface area (Å²) in [6, 6.07) is 6.65. The van der Waals surface area contributed by atoms with Gasteiger partial charge < -0.3 is 14.8 Å². The normalized spacial score (nSPS) is 22.6. The Hall–Kier alpha value is -1.06. The predicted octanol–water partition coefficient (Wildman–Crippen LogP) is 3.43. The van der Waals surface area contributed by atoms with Gasteiger partial charge in [-0.2, -0.15) is 0 Å². The van der Waals surface area contributed by atoms with Crippen LogP contribution in [-0.2, 0) is 10.2 Å². The summed E-state index contributed by atoms with van der Waals surface area (Å²) in [7, 11) is 1.73. The molecule has 3 heteroatoms. The van der Waals surface area contributed by atoms with E-state index in [-0.39, 0.29) is 17.0 Å². The Bertz CT molecular complexity index is 474. The zero-order chi connectivity index (χ0) is 15.0. The molecule has 1 atom stereocenters. The lowest BCUT2D eigenvalue weighted by Crippen LogP contribution is -2.51. The Morgan fingerprint density at radius 3 is 2.55 bits per heavy atom. The van der Waals surface area contributed by atoms with Crippen LogP contribution in [0.1, 0.15) is 51.8 Å². The molecule has 1 saturated heterocycles. The van der Waals surface area contributed by atoms with Crippen LogP contribution in [-0.4, -0.2) is 25.9 Å². The lowest BCUT2D eigenvalue weighted by molar-refractivity contribution is 0.0121. The summed E-state index contributed by atoms with van der Waals surface area (Å²) in [4.78, 5) is 0. The van der Waals surface area contributed by atoms with Gasteiger partial charge >= 0.3 is 0 Å². The second-order valence-corrected chi connectivity index (χ2v) is 7.30. The number of hydrogen-bond donors (Lipinski definition) is 1. The molecule has 1 N–H and O–H groups in total. The lowest BCUT2D eigenvalue weighted by Gasteiger charge is -2.38. The Morgan fingerprint density at radius 1 is 1.30 bits per heavy atom. The van der Waals surface area contributed by atoms with E-state index in [4.69, 9.17) is 9.47 Å². The zero-order valence-electron chi connectivity index (χ0n) is 13.5. The predicted molar refractivity (Wildman–Crippen MR) is 82.5 cm³/mol. The number of morpholine rings is 1. The van der Waals surface area contributed by atoms with Crippen molar-refractivity contribution in [2.45, 2.75) is 51.6 Å². The fourth-order valence-electron chi connectivity index (χ4n) is 2.63. The Kier molecular flexibility index (Phi) is 4.12. The molecule has 0 aromatic heterocycles. The van der Waals surface area contributed by atoms with Crippen LogP contribution in [0.5, 0.6) is 5.75 Å². The molecule has 3 nitrogen and oxygen atoms in total. The number of rotatable bonds is 2. The van der Waals surface area contributed by atoms with Gasteiger partial charge in [0.2, 0.25) is 0 Å². The SMILES string of the molecule is COc1ccc(C(C)(C)C)cc1C1COCC(C)(C)N1. The van der Waals surface area contributed by atoms with E-state index < -0.39 is 0 Å². The molecular weight excluding hydrogens is 250 g/mol. The number of ether oxygens (including phenoxy) is 2. The molecule has 1 aliphatic rings. The number of nitrogens with one attached hydrogen (secondary N) is 1. The minimum Gasteiger partial charge on any atom is -0.496 e. The second-order valence-electron chi connectivity index (χ2n) is 7.30. The van der Waals surface area contributed by atoms with Gasteiger partial charge in [0, 0.05) is 11.1 Å². The monoisotopic (exact) mass is 277 g/mol. The summed E-state index contributed by atoms with van der Waals surface area (Å²) >= 11 is 0. The van der Waals surface area contributed by atoms with Crippen molar-refractivity contribution in [3.8, 4) is 5.75 Å². The standard InChI is InChI=1S/C17H27NO2/c1-16(2,3)12-7-8-15(19-6)13(9-12)14-10-20-11-17(4,5)18-14/h7-9,14,18H,10-11H2,1-6H3. The van der Waals surface area contributed by atoms with Crippen molar-refractivity contribution in [3.63, 3.8) is 0 Å². The van der Waals surface area contributed by atoms with E-state index in [1.54, 1.807) is 7.11 Å². The highest BCUT2D eigenvalue weighted by molar-refractivity contribution is 5.42. The zero-order valence-corrected chi connectivity index (χ0v) is 13.5. The first-order valence-corrected chi connectivity index (χ1v) is 7.27. The molecule has 0 saturated carbocycles. The molecule has 0 bridgehead atoms. The van der Waals surface area contributed by atoms with Crippen molar-refractivity contribution in [1.82, 2.24) is 5.32 Å². The van der Waals surface area contributed by atoms with E-state index in [1.807, 2.05) is 0 Å². The molecule has 1 fully saturated rings. The Balaban J connectivity index is 2.38. The maximum absolute atomic E-state index is 5.76. The maximum atomic E-state index is 5.76. The van der Waals surface area contributed by atoms with Crippen LogP contribution in [0.15, 0.2) is 18.2 Å². The highest BCUT2D eigenvalue weighted by atomic mass is 16.5. The fraction of sp³-hybridized carbons (Fsp3) is 0.647. The molecule has 20 heavy (non-hydrogen) atoms. The van der Waals surface area contributed by atoms with Crippen molar-refractivity contribution >= 4 is 0 Å². The second kappa shape index (κ2) is 5.38. The minimum atomic E-state index is -0.00827. The molecule has 2 rings (SSSR count). The summed E-state index contributed by atoms with van der Waals surface area (Å²) in [5.41, 5.74) is 2.63. The summed E-state index contributed by atoms with van der Waals surface area (Å²) in [5.74, 6) is 0.928. The van der Waals surface area contributed by atoms with E-state index in [1.165, 1.54) is 11.1 Å². The Labute approximate surface area is 122 Å².